The molecule has 0 radical (unpaired) electrons. The smallest absolute Gasteiger partial charge is 0.269 e. The highest BCUT2D eigenvalue weighted by Gasteiger charge is 2.12. The summed E-state index contributed by atoms with van der Waals surface area (Å²) in [7, 11) is 0. The van der Waals surface area contributed by atoms with Crippen LogP contribution in [0.15, 0.2) is 29.3 Å². The molecular formula is C16H27IN4O2. The number of halogens is 1. The van der Waals surface area contributed by atoms with Crippen molar-refractivity contribution in [2.45, 2.75) is 46.7 Å². The number of hydrogen-bond acceptors (Lipinski definition) is 3. The molecule has 0 bridgehead atoms. The van der Waals surface area contributed by atoms with Crippen LogP contribution in [0.4, 0.5) is 5.69 Å². The molecule has 2 N–H and O–H groups in total. The van der Waals surface area contributed by atoms with Crippen molar-refractivity contribution in [2.24, 2.45) is 10.9 Å². The summed E-state index contributed by atoms with van der Waals surface area (Å²) in [5.74, 6) is 1.27. The monoisotopic (exact) mass is 434 g/mol. The van der Waals surface area contributed by atoms with Crippen molar-refractivity contribution >= 4 is 35.6 Å². The molecule has 130 valence electrons. The van der Waals surface area contributed by atoms with E-state index in [2.05, 4.69) is 50.2 Å². The van der Waals surface area contributed by atoms with Crippen LogP contribution >= 0.6 is 24.0 Å². The largest absolute Gasteiger partial charge is 0.356 e. The first-order valence-electron chi connectivity index (χ1n) is 7.47. The molecule has 0 heterocycles. The lowest BCUT2D eigenvalue weighted by Crippen LogP contribution is -2.48. The number of nitro groups is 1. The molecule has 0 spiro atoms. The van der Waals surface area contributed by atoms with E-state index in [1.54, 1.807) is 12.1 Å². The molecular weight excluding hydrogens is 407 g/mol. The molecule has 1 rings (SSSR count). The lowest BCUT2D eigenvalue weighted by Gasteiger charge is -2.24. The maximum Gasteiger partial charge on any atom is 0.269 e. The van der Waals surface area contributed by atoms with Crippen LogP contribution in [0.2, 0.25) is 0 Å². The topological polar surface area (TPSA) is 79.6 Å². The van der Waals surface area contributed by atoms with Crippen LogP contribution in [0, 0.1) is 16.0 Å². The average molecular weight is 434 g/mol. The zero-order chi connectivity index (χ0) is 16.8. The van der Waals surface area contributed by atoms with Crippen molar-refractivity contribution < 1.29 is 4.92 Å². The van der Waals surface area contributed by atoms with Gasteiger partial charge in [0.15, 0.2) is 5.96 Å². The summed E-state index contributed by atoms with van der Waals surface area (Å²) in [5.41, 5.74) is 0.946. The molecule has 1 aromatic rings. The SMILES string of the molecule is CC(C)CNC(=NCc1ccc([N+](=O)[O-])cc1)NC(C)(C)C.I. The second kappa shape index (κ2) is 9.69. The van der Waals surface area contributed by atoms with Crippen LogP contribution in [0.25, 0.3) is 0 Å². The van der Waals surface area contributed by atoms with Gasteiger partial charge in [0.25, 0.3) is 5.69 Å². The summed E-state index contributed by atoms with van der Waals surface area (Å²) in [4.78, 5) is 14.8. The molecule has 7 heteroatoms. The minimum absolute atomic E-state index is 0. The first-order valence-corrected chi connectivity index (χ1v) is 7.47. The van der Waals surface area contributed by atoms with Gasteiger partial charge in [0, 0.05) is 24.2 Å². The molecule has 6 nitrogen and oxygen atoms in total. The molecule has 0 saturated carbocycles. The van der Waals surface area contributed by atoms with E-state index in [4.69, 9.17) is 0 Å². The Bertz CT molecular complexity index is 522. The van der Waals surface area contributed by atoms with E-state index in [-0.39, 0.29) is 35.2 Å². The highest BCUT2D eigenvalue weighted by molar-refractivity contribution is 14.0. The Morgan fingerprint density at radius 1 is 1.26 bits per heavy atom. The fourth-order valence-electron chi connectivity index (χ4n) is 1.69. The first-order chi connectivity index (χ1) is 10.2. The summed E-state index contributed by atoms with van der Waals surface area (Å²) in [5, 5.41) is 17.3. The van der Waals surface area contributed by atoms with Crippen molar-refractivity contribution in [3.05, 3.63) is 39.9 Å². The second-order valence-corrected chi connectivity index (χ2v) is 6.74. The van der Waals surface area contributed by atoms with Crippen LogP contribution in [0.5, 0.6) is 0 Å². The van der Waals surface area contributed by atoms with Crippen molar-refractivity contribution in [2.75, 3.05) is 6.54 Å². The maximum absolute atomic E-state index is 10.6. The van der Waals surface area contributed by atoms with Crippen LogP contribution in [-0.2, 0) is 6.54 Å². The lowest BCUT2D eigenvalue weighted by molar-refractivity contribution is -0.384. The van der Waals surface area contributed by atoms with Crippen molar-refractivity contribution in [3.63, 3.8) is 0 Å². The highest BCUT2D eigenvalue weighted by atomic mass is 127. The molecule has 1 aromatic carbocycles. The number of nitrogens with zero attached hydrogens (tertiary/aromatic N) is 2. The first kappa shape index (κ1) is 21.6. The molecule has 0 aliphatic carbocycles. The van der Waals surface area contributed by atoms with E-state index in [1.807, 2.05) is 0 Å². The standard InChI is InChI=1S/C16H26N4O2.HI/c1-12(2)10-17-15(19-16(3,4)5)18-11-13-6-8-14(9-7-13)20(21)22;/h6-9,12H,10-11H2,1-5H3,(H2,17,18,19);1H. The third kappa shape index (κ3) is 9.37. The number of guanidine groups is 1. The number of nitro benzene ring substituents is 1. The fourth-order valence-corrected chi connectivity index (χ4v) is 1.69. The predicted octanol–water partition coefficient (Wildman–Crippen LogP) is 3.70. The van der Waals surface area contributed by atoms with Gasteiger partial charge in [-0.05, 0) is 32.3 Å². The van der Waals surface area contributed by atoms with Gasteiger partial charge in [-0.15, -0.1) is 24.0 Å². The van der Waals surface area contributed by atoms with Gasteiger partial charge in [-0.25, -0.2) is 4.99 Å². The molecule has 0 aliphatic heterocycles. The number of benzene rings is 1. The molecule has 0 unspecified atom stereocenters. The van der Waals surface area contributed by atoms with Crippen LogP contribution in [0.1, 0.15) is 40.2 Å². The van der Waals surface area contributed by atoms with E-state index in [0.29, 0.717) is 12.5 Å². The molecule has 0 fully saturated rings. The third-order valence-corrected chi connectivity index (χ3v) is 2.74. The fraction of sp³-hybridized carbons (Fsp3) is 0.562. The van der Waals surface area contributed by atoms with Gasteiger partial charge in [-0.3, -0.25) is 10.1 Å². The zero-order valence-corrected chi connectivity index (χ0v) is 16.8. The molecule has 0 atom stereocenters. The molecule has 0 aliphatic rings. The van der Waals surface area contributed by atoms with Crippen molar-refractivity contribution in [3.8, 4) is 0 Å². The van der Waals surface area contributed by atoms with Gasteiger partial charge in [0.1, 0.15) is 0 Å². The molecule has 0 aromatic heterocycles. The summed E-state index contributed by atoms with van der Waals surface area (Å²) < 4.78 is 0. The summed E-state index contributed by atoms with van der Waals surface area (Å²) in [6, 6.07) is 6.48. The Balaban J connectivity index is 0.00000484. The van der Waals surface area contributed by atoms with Crippen LogP contribution < -0.4 is 10.6 Å². The zero-order valence-electron chi connectivity index (χ0n) is 14.4. The van der Waals surface area contributed by atoms with E-state index in [9.17, 15) is 10.1 Å². The maximum atomic E-state index is 10.6. The van der Waals surface area contributed by atoms with Crippen molar-refractivity contribution in [1.82, 2.24) is 10.6 Å². The predicted molar refractivity (Wildman–Crippen MR) is 105 cm³/mol. The minimum Gasteiger partial charge on any atom is -0.356 e. The Hall–Kier alpha value is -1.38. The summed E-state index contributed by atoms with van der Waals surface area (Å²) >= 11 is 0. The van der Waals surface area contributed by atoms with Crippen LogP contribution in [0.3, 0.4) is 0 Å². The minimum atomic E-state index is -0.399. The lowest BCUT2D eigenvalue weighted by atomic mass is 10.1. The van der Waals surface area contributed by atoms with E-state index in [1.165, 1.54) is 12.1 Å². The van der Waals surface area contributed by atoms with Crippen LogP contribution in [-0.4, -0.2) is 23.0 Å². The van der Waals surface area contributed by atoms with Gasteiger partial charge < -0.3 is 10.6 Å². The number of rotatable bonds is 5. The van der Waals surface area contributed by atoms with Gasteiger partial charge in [-0.2, -0.15) is 0 Å². The van der Waals surface area contributed by atoms with Gasteiger partial charge in [0.2, 0.25) is 0 Å². The Labute approximate surface area is 155 Å². The van der Waals surface area contributed by atoms with Crippen molar-refractivity contribution in [1.29, 1.82) is 0 Å². The number of nitrogens with one attached hydrogen (secondary N) is 2. The third-order valence-electron chi connectivity index (χ3n) is 2.74. The van der Waals surface area contributed by atoms with E-state index >= 15 is 0 Å². The number of hydrogen-bond donors (Lipinski definition) is 2. The average Bonchev–Trinajstić information content (AvgIpc) is 2.40. The van der Waals surface area contributed by atoms with E-state index in [0.717, 1.165) is 18.1 Å². The summed E-state index contributed by atoms with van der Waals surface area (Å²) in [6.07, 6.45) is 0. The summed E-state index contributed by atoms with van der Waals surface area (Å²) in [6.45, 7) is 11.8. The number of aliphatic imine (C=N–C) groups is 1. The van der Waals surface area contributed by atoms with Gasteiger partial charge in [-0.1, -0.05) is 26.0 Å². The molecule has 0 saturated heterocycles. The number of non-ortho nitro benzene ring substituents is 1. The Kier molecular flexibility index (Phi) is 9.11. The Morgan fingerprint density at radius 3 is 2.26 bits per heavy atom. The van der Waals surface area contributed by atoms with E-state index < -0.39 is 4.92 Å². The second-order valence-electron chi connectivity index (χ2n) is 6.74. The van der Waals surface area contributed by atoms with Gasteiger partial charge in [0.05, 0.1) is 11.5 Å². The quantitative estimate of drug-likeness (QED) is 0.244. The van der Waals surface area contributed by atoms with Gasteiger partial charge >= 0.3 is 0 Å². The highest BCUT2D eigenvalue weighted by Crippen LogP contribution is 2.12. The molecule has 23 heavy (non-hydrogen) atoms. The Morgan fingerprint density at radius 2 is 1.83 bits per heavy atom. The molecule has 0 amide bonds. The normalized spacial score (nSPS) is 11.8.